The molecule has 1 unspecified atom stereocenters. The van der Waals surface area contributed by atoms with Crippen LogP contribution in [0, 0.1) is 28.1 Å². The van der Waals surface area contributed by atoms with Gasteiger partial charge < -0.3 is 0 Å². The van der Waals surface area contributed by atoms with Gasteiger partial charge in [0, 0.05) is 0 Å². The molecule has 0 heteroatoms. The molecule has 2 fully saturated rings. The summed E-state index contributed by atoms with van der Waals surface area (Å²) in [4.78, 5) is 0. The van der Waals surface area contributed by atoms with E-state index in [2.05, 4.69) is 40.7 Å². The van der Waals surface area contributed by atoms with Crippen LogP contribution in [0.5, 0.6) is 0 Å². The molecule has 0 saturated heterocycles. The van der Waals surface area contributed by atoms with Crippen LogP contribution in [0.15, 0.2) is 11.6 Å². The van der Waals surface area contributed by atoms with E-state index < -0.39 is 0 Å². The monoisotopic (exact) mass is 218 g/mol. The van der Waals surface area contributed by atoms with Crippen LogP contribution in [0.4, 0.5) is 0 Å². The van der Waals surface area contributed by atoms with E-state index in [1.807, 2.05) is 5.57 Å². The van der Waals surface area contributed by atoms with Gasteiger partial charge in [-0.25, -0.2) is 0 Å². The molecule has 0 amide bonds. The maximum atomic E-state index is 2.60. The Labute approximate surface area is 101 Å². The molecular weight excluding hydrogens is 192 g/mol. The largest absolute Gasteiger partial charge is 0.0847 e. The SMILES string of the molecule is CC(C)(C)CCC1=CC[C@@H]2C(C)(C)C23C[C@@H]13. The summed E-state index contributed by atoms with van der Waals surface area (Å²) in [6, 6.07) is 0. The Hall–Kier alpha value is -0.260. The van der Waals surface area contributed by atoms with E-state index in [9.17, 15) is 0 Å². The Morgan fingerprint density at radius 1 is 1.31 bits per heavy atom. The summed E-state index contributed by atoms with van der Waals surface area (Å²) in [6.45, 7) is 12.1. The second-order valence-electron chi connectivity index (χ2n) is 8.15. The summed E-state index contributed by atoms with van der Waals surface area (Å²) in [5, 5.41) is 0. The maximum absolute atomic E-state index is 2.60. The highest BCUT2D eigenvalue weighted by molar-refractivity contribution is 5.41. The highest BCUT2D eigenvalue weighted by Gasteiger charge is 2.82. The van der Waals surface area contributed by atoms with Gasteiger partial charge >= 0.3 is 0 Å². The maximum Gasteiger partial charge on any atom is -0.0132 e. The predicted molar refractivity (Wildman–Crippen MR) is 69.2 cm³/mol. The summed E-state index contributed by atoms with van der Waals surface area (Å²) in [6.07, 6.45) is 8.21. The van der Waals surface area contributed by atoms with Crippen molar-refractivity contribution in [2.24, 2.45) is 28.1 Å². The molecule has 3 rings (SSSR count). The summed E-state index contributed by atoms with van der Waals surface area (Å²) >= 11 is 0. The fourth-order valence-electron chi connectivity index (χ4n) is 4.55. The van der Waals surface area contributed by atoms with Gasteiger partial charge in [-0.05, 0) is 53.8 Å². The van der Waals surface area contributed by atoms with Crippen molar-refractivity contribution in [2.45, 2.75) is 60.3 Å². The molecule has 0 N–H and O–H groups in total. The topological polar surface area (TPSA) is 0 Å². The molecule has 90 valence electrons. The summed E-state index contributed by atoms with van der Waals surface area (Å²) in [7, 11) is 0. The van der Waals surface area contributed by atoms with Crippen LogP contribution in [0.2, 0.25) is 0 Å². The zero-order valence-corrected chi connectivity index (χ0v) is 11.6. The number of rotatable bonds is 2. The van der Waals surface area contributed by atoms with Crippen LogP contribution in [0.25, 0.3) is 0 Å². The van der Waals surface area contributed by atoms with Gasteiger partial charge in [-0.15, -0.1) is 0 Å². The molecule has 0 bridgehead atoms. The molecule has 3 aliphatic rings. The third kappa shape index (κ3) is 1.22. The smallest absolute Gasteiger partial charge is 0.0132 e. The van der Waals surface area contributed by atoms with E-state index >= 15 is 0 Å². The molecule has 0 heterocycles. The third-order valence-corrected chi connectivity index (χ3v) is 5.84. The molecule has 0 nitrogen and oxygen atoms in total. The third-order valence-electron chi connectivity index (χ3n) is 5.84. The lowest BCUT2D eigenvalue weighted by molar-refractivity contribution is 0.372. The molecule has 0 aromatic heterocycles. The van der Waals surface area contributed by atoms with Crippen molar-refractivity contribution in [2.75, 3.05) is 0 Å². The van der Waals surface area contributed by atoms with Crippen LogP contribution < -0.4 is 0 Å². The predicted octanol–water partition coefficient (Wildman–Crippen LogP) is 4.81. The minimum absolute atomic E-state index is 0.499. The highest BCUT2D eigenvalue weighted by atomic mass is 14.9. The molecule has 0 aromatic rings. The number of hydrogen-bond donors (Lipinski definition) is 0. The van der Waals surface area contributed by atoms with Crippen molar-refractivity contribution in [1.29, 1.82) is 0 Å². The van der Waals surface area contributed by atoms with Crippen molar-refractivity contribution < 1.29 is 0 Å². The van der Waals surface area contributed by atoms with E-state index in [0.717, 1.165) is 17.3 Å². The molecule has 3 aliphatic carbocycles. The number of allylic oxidation sites excluding steroid dienone is 2. The van der Waals surface area contributed by atoms with Crippen molar-refractivity contribution >= 4 is 0 Å². The Balaban J connectivity index is 1.67. The fourth-order valence-corrected chi connectivity index (χ4v) is 4.55. The zero-order chi connectivity index (χ0) is 11.8. The van der Waals surface area contributed by atoms with Gasteiger partial charge in [-0.2, -0.15) is 0 Å². The minimum atomic E-state index is 0.499. The van der Waals surface area contributed by atoms with Crippen LogP contribution in [0.3, 0.4) is 0 Å². The van der Waals surface area contributed by atoms with Crippen molar-refractivity contribution in [3.8, 4) is 0 Å². The van der Waals surface area contributed by atoms with E-state index in [1.165, 1.54) is 25.7 Å². The first-order valence-electron chi connectivity index (χ1n) is 6.98. The lowest BCUT2D eigenvalue weighted by Gasteiger charge is -2.20. The number of hydrogen-bond acceptors (Lipinski definition) is 0. The summed E-state index contributed by atoms with van der Waals surface area (Å²) in [5.74, 6) is 2.02. The lowest BCUT2D eigenvalue weighted by atomic mass is 9.86. The zero-order valence-electron chi connectivity index (χ0n) is 11.6. The fraction of sp³-hybridized carbons (Fsp3) is 0.875. The van der Waals surface area contributed by atoms with Gasteiger partial charge in [0.2, 0.25) is 0 Å². The van der Waals surface area contributed by atoms with Crippen LogP contribution >= 0.6 is 0 Å². The Morgan fingerprint density at radius 3 is 2.62 bits per heavy atom. The van der Waals surface area contributed by atoms with Gasteiger partial charge in [0.25, 0.3) is 0 Å². The van der Waals surface area contributed by atoms with Crippen molar-refractivity contribution in [1.82, 2.24) is 0 Å². The minimum Gasteiger partial charge on any atom is -0.0847 e. The molecule has 0 aliphatic heterocycles. The van der Waals surface area contributed by atoms with Crippen molar-refractivity contribution in [3.05, 3.63) is 11.6 Å². The Bertz CT molecular complexity index is 353. The first-order valence-corrected chi connectivity index (χ1v) is 6.98. The molecule has 2 saturated carbocycles. The molecule has 0 aromatic carbocycles. The van der Waals surface area contributed by atoms with Crippen molar-refractivity contribution in [3.63, 3.8) is 0 Å². The van der Waals surface area contributed by atoms with E-state index in [0.29, 0.717) is 10.8 Å². The first-order chi connectivity index (χ1) is 7.29. The standard InChI is InChI=1S/C16H26/c1-14(2,3)9-8-11-6-7-13-15(4,5)16(13)10-12(11)16/h6,12-13H,7-10H2,1-5H3/t12-,13+,16?/m0/s1. The first kappa shape index (κ1) is 10.9. The Kier molecular flexibility index (Phi) is 1.88. The van der Waals surface area contributed by atoms with Gasteiger partial charge in [0.1, 0.15) is 0 Å². The quantitative estimate of drug-likeness (QED) is 0.584. The molecule has 1 spiro atoms. The normalized spacial score (nSPS) is 43.2. The average molecular weight is 218 g/mol. The van der Waals surface area contributed by atoms with Gasteiger partial charge in [0.15, 0.2) is 0 Å². The van der Waals surface area contributed by atoms with Crippen LogP contribution in [-0.2, 0) is 0 Å². The Morgan fingerprint density at radius 2 is 2.00 bits per heavy atom. The van der Waals surface area contributed by atoms with E-state index in [1.54, 1.807) is 0 Å². The molecule has 16 heavy (non-hydrogen) atoms. The molecule has 0 radical (unpaired) electrons. The molecular formula is C16H26. The van der Waals surface area contributed by atoms with Crippen LogP contribution in [-0.4, -0.2) is 0 Å². The summed E-state index contributed by atoms with van der Waals surface area (Å²) in [5.41, 5.74) is 3.77. The van der Waals surface area contributed by atoms with Crippen LogP contribution in [0.1, 0.15) is 60.3 Å². The van der Waals surface area contributed by atoms with Gasteiger partial charge in [0.05, 0.1) is 0 Å². The van der Waals surface area contributed by atoms with Gasteiger partial charge in [-0.1, -0.05) is 46.3 Å². The lowest BCUT2D eigenvalue weighted by Crippen LogP contribution is -2.07. The second kappa shape index (κ2) is 2.76. The van der Waals surface area contributed by atoms with E-state index in [4.69, 9.17) is 0 Å². The average Bonchev–Trinajstić information content (AvgIpc) is 2.96. The highest BCUT2D eigenvalue weighted by Crippen LogP contribution is 2.89. The van der Waals surface area contributed by atoms with E-state index in [-0.39, 0.29) is 0 Å². The van der Waals surface area contributed by atoms with Gasteiger partial charge in [-0.3, -0.25) is 0 Å². The second-order valence-corrected chi connectivity index (χ2v) is 8.15. The summed E-state index contributed by atoms with van der Waals surface area (Å²) < 4.78 is 0. The molecule has 3 atom stereocenters.